The number of aliphatic hydroxyl groups excluding tert-OH is 1. The number of aromatic hydroxyl groups is 1. The second-order valence-corrected chi connectivity index (χ2v) is 9.56. The van der Waals surface area contributed by atoms with E-state index >= 15 is 0 Å². The van der Waals surface area contributed by atoms with Gasteiger partial charge in [-0.1, -0.05) is 42.5 Å². The molecule has 1 atom stereocenters. The maximum Gasteiger partial charge on any atom is 0.573 e. The van der Waals surface area contributed by atoms with Crippen LogP contribution in [0.25, 0.3) is 5.76 Å². The Bertz CT molecular complexity index is 1650. The minimum Gasteiger partial charge on any atom is -0.508 e. The zero-order valence-corrected chi connectivity index (χ0v) is 22.1. The van der Waals surface area contributed by atoms with Crippen molar-refractivity contribution >= 4 is 23.1 Å². The lowest BCUT2D eigenvalue weighted by Gasteiger charge is -2.25. The standard InChI is InChI=1S/C32H24F3NO6/c1-19-17-22(9-16-26(19)41-18-20-5-3-2-4-6-20)29(38)27-28(21-7-12-24(37)13-8-21)36(31(40)30(27)39)23-10-14-25(15-11-23)42-32(33,34)35/h2-17,28,37-38H,18H2,1H3/b29-27-. The van der Waals surface area contributed by atoms with Gasteiger partial charge in [0.1, 0.15) is 29.6 Å². The van der Waals surface area contributed by atoms with E-state index in [0.29, 0.717) is 23.5 Å². The fourth-order valence-corrected chi connectivity index (χ4v) is 4.73. The van der Waals surface area contributed by atoms with Crippen molar-refractivity contribution in [3.63, 3.8) is 0 Å². The Morgan fingerprint density at radius 2 is 1.57 bits per heavy atom. The van der Waals surface area contributed by atoms with Crippen LogP contribution in [0.5, 0.6) is 17.2 Å². The summed E-state index contributed by atoms with van der Waals surface area (Å²) in [6.07, 6.45) is -4.91. The zero-order valence-electron chi connectivity index (χ0n) is 22.1. The molecular weight excluding hydrogens is 551 g/mol. The Kier molecular flexibility index (Phi) is 7.62. The van der Waals surface area contributed by atoms with Crippen molar-refractivity contribution in [2.75, 3.05) is 4.90 Å². The molecule has 7 nitrogen and oxygen atoms in total. The first kappa shape index (κ1) is 28.3. The molecule has 2 N–H and O–H groups in total. The molecule has 1 unspecified atom stereocenters. The highest BCUT2D eigenvalue weighted by Crippen LogP contribution is 2.43. The second-order valence-electron chi connectivity index (χ2n) is 9.56. The number of nitrogens with zero attached hydrogens (tertiary/aromatic N) is 1. The van der Waals surface area contributed by atoms with Crippen molar-refractivity contribution in [1.29, 1.82) is 0 Å². The number of amides is 1. The molecule has 0 aliphatic carbocycles. The van der Waals surface area contributed by atoms with Crippen molar-refractivity contribution < 1.29 is 42.4 Å². The molecule has 1 aliphatic rings. The molecule has 10 heteroatoms. The van der Waals surface area contributed by atoms with Gasteiger partial charge in [0, 0.05) is 11.3 Å². The lowest BCUT2D eigenvalue weighted by molar-refractivity contribution is -0.274. The number of ether oxygens (including phenoxy) is 2. The first-order chi connectivity index (χ1) is 20.0. The number of carbonyl (C=O) groups is 2. The molecule has 214 valence electrons. The topological polar surface area (TPSA) is 96.3 Å². The fourth-order valence-electron chi connectivity index (χ4n) is 4.73. The second kappa shape index (κ2) is 11.3. The number of halogens is 3. The number of hydrogen-bond acceptors (Lipinski definition) is 6. The summed E-state index contributed by atoms with van der Waals surface area (Å²) in [4.78, 5) is 27.8. The van der Waals surface area contributed by atoms with Crippen LogP contribution in [0.2, 0.25) is 0 Å². The van der Waals surface area contributed by atoms with Gasteiger partial charge in [0.2, 0.25) is 0 Å². The van der Waals surface area contributed by atoms with Crippen molar-refractivity contribution in [1.82, 2.24) is 0 Å². The molecule has 0 aromatic heterocycles. The quantitative estimate of drug-likeness (QED) is 0.143. The van der Waals surface area contributed by atoms with E-state index in [1.807, 2.05) is 30.3 Å². The van der Waals surface area contributed by atoms with Gasteiger partial charge in [-0.05, 0) is 78.2 Å². The third kappa shape index (κ3) is 5.92. The Morgan fingerprint density at radius 1 is 0.905 bits per heavy atom. The smallest absolute Gasteiger partial charge is 0.508 e. The minimum absolute atomic E-state index is 0.0638. The number of phenolic OH excluding ortho intramolecular Hbond substituents is 1. The summed E-state index contributed by atoms with van der Waals surface area (Å²) >= 11 is 0. The molecule has 42 heavy (non-hydrogen) atoms. The molecule has 1 amide bonds. The molecule has 4 aromatic rings. The maximum atomic E-state index is 13.4. The summed E-state index contributed by atoms with van der Waals surface area (Å²) in [5, 5.41) is 21.2. The Morgan fingerprint density at radius 3 is 2.19 bits per heavy atom. The highest BCUT2D eigenvalue weighted by molar-refractivity contribution is 6.51. The molecule has 1 fully saturated rings. The average molecular weight is 576 g/mol. The van der Waals surface area contributed by atoms with Crippen molar-refractivity contribution in [3.05, 3.63) is 125 Å². The number of carbonyl (C=O) groups excluding carboxylic acids is 2. The third-order valence-electron chi connectivity index (χ3n) is 6.69. The van der Waals surface area contributed by atoms with Crippen LogP contribution in [0, 0.1) is 6.92 Å². The number of rotatable bonds is 7. The van der Waals surface area contributed by atoms with Crippen LogP contribution in [0.1, 0.15) is 28.3 Å². The van der Waals surface area contributed by atoms with Gasteiger partial charge in [-0.15, -0.1) is 13.2 Å². The minimum atomic E-state index is -4.91. The van der Waals surface area contributed by atoms with Crippen molar-refractivity contribution in [3.8, 4) is 17.2 Å². The van der Waals surface area contributed by atoms with Crippen LogP contribution in [-0.2, 0) is 16.2 Å². The third-order valence-corrected chi connectivity index (χ3v) is 6.69. The first-order valence-electron chi connectivity index (χ1n) is 12.8. The van der Waals surface area contributed by atoms with E-state index in [0.717, 1.165) is 22.6 Å². The van der Waals surface area contributed by atoms with Gasteiger partial charge in [-0.25, -0.2) is 0 Å². The van der Waals surface area contributed by atoms with Crippen molar-refractivity contribution in [2.45, 2.75) is 25.9 Å². The molecule has 0 bridgehead atoms. The molecule has 1 aliphatic heterocycles. The number of aryl methyl sites for hydroxylation is 1. The molecule has 1 saturated heterocycles. The van der Waals surface area contributed by atoms with Crippen molar-refractivity contribution in [2.24, 2.45) is 0 Å². The number of hydrogen-bond donors (Lipinski definition) is 2. The van der Waals surface area contributed by atoms with Crippen LogP contribution < -0.4 is 14.4 Å². The summed E-state index contributed by atoms with van der Waals surface area (Å²) in [5.41, 5.74) is 2.16. The lowest BCUT2D eigenvalue weighted by Crippen LogP contribution is -2.29. The Labute approximate surface area is 238 Å². The van der Waals surface area contributed by atoms with Crippen LogP contribution in [-0.4, -0.2) is 28.3 Å². The number of ketones is 1. The number of anilines is 1. The fraction of sp³-hybridized carbons (Fsp3) is 0.125. The largest absolute Gasteiger partial charge is 0.573 e. The van der Waals surface area contributed by atoms with Crippen LogP contribution in [0.4, 0.5) is 18.9 Å². The van der Waals surface area contributed by atoms with E-state index in [1.165, 1.54) is 36.4 Å². The van der Waals surface area contributed by atoms with Gasteiger partial charge in [-0.3, -0.25) is 14.5 Å². The van der Waals surface area contributed by atoms with Gasteiger partial charge < -0.3 is 19.7 Å². The Hall–Kier alpha value is -5.25. The molecule has 0 radical (unpaired) electrons. The summed E-state index contributed by atoms with van der Waals surface area (Å²) < 4.78 is 47.8. The molecular formula is C32H24F3NO6. The van der Waals surface area contributed by atoms with E-state index in [9.17, 15) is 33.0 Å². The van der Waals surface area contributed by atoms with Gasteiger partial charge in [0.05, 0.1) is 11.6 Å². The highest BCUT2D eigenvalue weighted by Gasteiger charge is 2.47. The van der Waals surface area contributed by atoms with Gasteiger partial charge in [-0.2, -0.15) is 0 Å². The number of Topliss-reactive ketones (excluding diaryl/α,β-unsaturated/α-hetero) is 1. The first-order valence-corrected chi connectivity index (χ1v) is 12.8. The molecule has 1 heterocycles. The number of aliphatic hydroxyl groups is 1. The SMILES string of the molecule is Cc1cc(/C(O)=C2/C(=O)C(=O)N(c3ccc(OC(F)(F)F)cc3)C2c2ccc(O)cc2)ccc1OCc1ccccc1. The average Bonchev–Trinajstić information content (AvgIpc) is 3.22. The van der Waals surface area contributed by atoms with E-state index in [1.54, 1.807) is 25.1 Å². The number of alkyl halides is 3. The molecule has 0 saturated carbocycles. The van der Waals surface area contributed by atoms with E-state index in [4.69, 9.17) is 4.74 Å². The van der Waals surface area contributed by atoms with Crippen LogP contribution in [0.15, 0.2) is 103 Å². The number of benzene rings is 4. The van der Waals surface area contributed by atoms with E-state index in [2.05, 4.69) is 4.74 Å². The predicted molar refractivity (Wildman–Crippen MR) is 148 cm³/mol. The lowest BCUT2D eigenvalue weighted by atomic mass is 9.94. The highest BCUT2D eigenvalue weighted by atomic mass is 19.4. The van der Waals surface area contributed by atoms with Gasteiger partial charge in [0.25, 0.3) is 11.7 Å². The number of phenols is 1. The molecule has 0 spiro atoms. The monoisotopic (exact) mass is 575 g/mol. The van der Waals surface area contributed by atoms with E-state index in [-0.39, 0.29) is 22.6 Å². The molecule has 4 aromatic carbocycles. The Balaban J connectivity index is 1.53. The van der Waals surface area contributed by atoms with Crippen LogP contribution in [0.3, 0.4) is 0 Å². The normalized spacial score (nSPS) is 16.5. The summed E-state index contributed by atoms with van der Waals surface area (Å²) in [5.74, 6) is -2.42. The molecule has 5 rings (SSSR count). The van der Waals surface area contributed by atoms with Crippen LogP contribution >= 0.6 is 0 Å². The van der Waals surface area contributed by atoms with Gasteiger partial charge in [0.15, 0.2) is 0 Å². The van der Waals surface area contributed by atoms with E-state index < -0.39 is 35.6 Å². The summed E-state index contributed by atoms with van der Waals surface area (Å²) in [7, 11) is 0. The van der Waals surface area contributed by atoms with Gasteiger partial charge >= 0.3 is 6.36 Å². The summed E-state index contributed by atoms with van der Waals surface area (Å²) in [6.45, 7) is 2.10. The predicted octanol–water partition coefficient (Wildman–Crippen LogP) is 6.80. The maximum absolute atomic E-state index is 13.4. The zero-order chi connectivity index (χ0) is 30.0. The summed E-state index contributed by atoms with van der Waals surface area (Å²) in [6, 6.07) is 23.4.